The van der Waals surface area contributed by atoms with Gasteiger partial charge in [-0.05, 0) is 111 Å². The molecule has 1 atom stereocenters. The largest absolute Gasteiger partial charge is 0.487 e. The molecule has 12 heteroatoms. The number of hydrogen-bond acceptors (Lipinski definition) is 6. The first-order chi connectivity index (χ1) is 22.6. The van der Waals surface area contributed by atoms with E-state index < -0.39 is 12.0 Å². The van der Waals surface area contributed by atoms with Crippen LogP contribution in [-0.4, -0.2) is 17.1 Å². The number of thiazole rings is 1. The minimum absolute atomic E-state index is 0.173. The molecule has 5 aromatic rings. The topological polar surface area (TPSA) is 69.9 Å². The van der Waals surface area contributed by atoms with Crippen LogP contribution < -0.4 is 19.6 Å². The summed E-state index contributed by atoms with van der Waals surface area (Å²) in [6.07, 6.45) is 1.84. The van der Waals surface area contributed by atoms with E-state index in [9.17, 15) is 9.59 Å². The molecule has 0 saturated heterocycles. The quantitative estimate of drug-likeness (QED) is 0.116. The van der Waals surface area contributed by atoms with E-state index in [0.717, 1.165) is 29.6 Å². The van der Waals surface area contributed by atoms with Crippen molar-refractivity contribution in [2.45, 2.75) is 19.6 Å². The van der Waals surface area contributed by atoms with Gasteiger partial charge in [-0.2, -0.15) is 0 Å². The third kappa shape index (κ3) is 7.35. The SMILES string of the molecule is CCOC(=O)C1=C(c2ccccc2)N=c2s/c(=C\c3cc(I)c(OCc4ccc(Cl)c(Cl)c4)c(I)c3)c(=O)n2[C@@H]1c1ccc(Cl)cc1. The molecule has 238 valence electrons. The molecular formula is C35H23Cl3I2N2O4S. The van der Waals surface area contributed by atoms with Gasteiger partial charge in [0.1, 0.15) is 12.4 Å². The molecule has 4 aromatic carbocycles. The summed E-state index contributed by atoms with van der Waals surface area (Å²) in [6, 6.07) is 25.1. The second-order valence-electron chi connectivity index (χ2n) is 10.3. The molecule has 47 heavy (non-hydrogen) atoms. The van der Waals surface area contributed by atoms with Crippen molar-refractivity contribution in [3.63, 3.8) is 0 Å². The van der Waals surface area contributed by atoms with Gasteiger partial charge < -0.3 is 9.47 Å². The van der Waals surface area contributed by atoms with E-state index in [1.54, 1.807) is 35.8 Å². The lowest BCUT2D eigenvalue weighted by atomic mass is 9.93. The van der Waals surface area contributed by atoms with Gasteiger partial charge in [-0.3, -0.25) is 9.36 Å². The van der Waals surface area contributed by atoms with Gasteiger partial charge in [-0.15, -0.1) is 0 Å². The van der Waals surface area contributed by atoms with Crippen molar-refractivity contribution in [1.82, 2.24) is 4.57 Å². The zero-order chi connectivity index (χ0) is 33.2. The first kappa shape index (κ1) is 34.2. The summed E-state index contributed by atoms with van der Waals surface area (Å²) in [5, 5.41) is 1.50. The molecule has 1 aliphatic rings. The highest BCUT2D eigenvalue weighted by Crippen LogP contribution is 2.36. The Labute approximate surface area is 316 Å². The lowest BCUT2D eigenvalue weighted by Crippen LogP contribution is -2.40. The van der Waals surface area contributed by atoms with Gasteiger partial charge in [0.05, 0.1) is 45.6 Å². The maximum Gasteiger partial charge on any atom is 0.338 e. The number of halogens is 5. The molecule has 0 radical (unpaired) electrons. The molecule has 0 N–H and O–H groups in total. The van der Waals surface area contributed by atoms with E-state index in [1.807, 2.05) is 66.7 Å². The van der Waals surface area contributed by atoms with E-state index >= 15 is 0 Å². The van der Waals surface area contributed by atoms with Gasteiger partial charge in [-0.1, -0.05) is 94.7 Å². The van der Waals surface area contributed by atoms with Gasteiger partial charge in [0.15, 0.2) is 4.80 Å². The molecule has 0 aliphatic carbocycles. The average molecular weight is 928 g/mol. The fraction of sp³-hybridized carbons (Fsp3) is 0.114. The standard InChI is InChI=1S/C35H23Cl3I2N2O4S/c1-2-45-34(44)29-30(21-6-4-3-5-7-21)41-35-42(31(29)22-9-11-23(36)12-10-22)33(43)28(47-35)17-20-15-26(39)32(27(40)16-20)46-18-19-8-13-24(37)25(38)14-19/h3-17,31H,2,18H2,1H3/b28-17-/t31-/m1/s1. The fourth-order valence-corrected chi connectivity index (χ4v) is 8.71. The predicted molar refractivity (Wildman–Crippen MR) is 205 cm³/mol. The summed E-state index contributed by atoms with van der Waals surface area (Å²) in [4.78, 5) is 33.2. The number of fused-ring (bicyclic) bond motifs is 1. The van der Waals surface area contributed by atoms with E-state index in [-0.39, 0.29) is 17.7 Å². The third-order valence-corrected chi connectivity index (χ3v) is 10.8. The number of nitrogens with zero attached hydrogens (tertiary/aromatic N) is 2. The molecule has 6 rings (SSSR count). The molecule has 0 bridgehead atoms. The normalized spacial score (nSPS) is 14.5. The number of benzene rings is 4. The number of rotatable bonds is 8. The van der Waals surface area contributed by atoms with Crippen molar-refractivity contribution >= 4 is 109 Å². The summed E-state index contributed by atoms with van der Waals surface area (Å²) in [6.45, 7) is 2.24. The monoisotopic (exact) mass is 926 g/mol. The lowest BCUT2D eigenvalue weighted by Gasteiger charge is -2.25. The second kappa shape index (κ2) is 14.8. The number of aromatic nitrogens is 1. The van der Waals surface area contributed by atoms with Crippen LogP contribution in [0.25, 0.3) is 11.8 Å². The lowest BCUT2D eigenvalue weighted by molar-refractivity contribution is -0.138. The number of hydrogen-bond donors (Lipinski definition) is 0. The summed E-state index contributed by atoms with van der Waals surface area (Å²) < 4.78 is 15.5. The van der Waals surface area contributed by atoms with Crippen LogP contribution in [-0.2, 0) is 16.1 Å². The van der Waals surface area contributed by atoms with E-state index in [0.29, 0.717) is 42.3 Å². The first-order valence-corrected chi connectivity index (χ1v) is 18.3. The Bertz CT molecular complexity index is 2200. The third-order valence-electron chi connectivity index (χ3n) is 7.24. The second-order valence-corrected chi connectivity index (χ2v) is 14.9. The van der Waals surface area contributed by atoms with Crippen molar-refractivity contribution in [2.24, 2.45) is 4.99 Å². The van der Waals surface area contributed by atoms with Crippen LogP contribution in [0.3, 0.4) is 0 Å². The highest BCUT2D eigenvalue weighted by molar-refractivity contribution is 14.1. The van der Waals surface area contributed by atoms with Crippen molar-refractivity contribution < 1.29 is 14.3 Å². The van der Waals surface area contributed by atoms with Crippen LogP contribution in [0.15, 0.2) is 100 Å². The van der Waals surface area contributed by atoms with Crippen LogP contribution in [0.5, 0.6) is 5.75 Å². The Morgan fingerprint density at radius 1 is 0.957 bits per heavy atom. The molecule has 0 saturated carbocycles. The molecule has 0 spiro atoms. The Morgan fingerprint density at radius 2 is 1.66 bits per heavy atom. The van der Waals surface area contributed by atoms with Crippen LogP contribution in [0.4, 0.5) is 0 Å². The number of ether oxygens (including phenoxy) is 2. The van der Waals surface area contributed by atoms with Crippen LogP contribution >= 0.6 is 91.3 Å². The van der Waals surface area contributed by atoms with Crippen LogP contribution in [0, 0.1) is 7.14 Å². The van der Waals surface area contributed by atoms with Crippen molar-refractivity contribution in [2.75, 3.05) is 6.61 Å². The summed E-state index contributed by atoms with van der Waals surface area (Å²) in [5.74, 6) is 0.190. The molecule has 1 aliphatic heterocycles. The maximum atomic E-state index is 14.2. The smallest absolute Gasteiger partial charge is 0.338 e. The van der Waals surface area contributed by atoms with Gasteiger partial charge >= 0.3 is 5.97 Å². The molecule has 2 heterocycles. The Balaban J connectivity index is 1.46. The van der Waals surface area contributed by atoms with E-state index in [1.165, 1.54) is 11.3 Å². The first-order valence-electron chi connectivity index (χ1n) is 14.2. The van der Waals surface area contributed by atoms with E-state index in [4.69, 9.17) is 49.3 Å². The van der Waals surface area contributed by atoms with Gasteiger partial charge in [0.2, 0.25) is 0 Å². The number of esters is 1. The Morgan fingerprint density at radius 3 is 2.32 bits per heavy atom. The molecule has 1 aromatic heterocycles. The highest BCUT2D eigenvalue weighted by Gasteiger charge is 2.35. The highest BCUT2D eigenvalue weighted by atomic mass is 127. The molecular weight excluding hydrogens is 905 g/mol. The summed E-state index contributed by atoms with van der Waals surface area (Å²) >= 11 is 24.2. The summed E-state index contributed by atoms with van der Waals surface area (Å²) in [7, 11) is 0. The van der Waals surface area contributed by atoms with Crippen LogP contribution in [0.1, 0.15) is 35.2 Å². The number of carbonyl (C=O) groups is 1. The zero-order valence-electron chi connectivity index (χ0n) is 24.5. The minimum atomic E-state index is -0.780. The Hall–Kier alpha value is -2.68. The van der Waals surface area contributed by atoms with Crippen LogP contribution in [0.2, 0.25) is 15.1 Å². The molecule has 6 nitrogen and oxygen atoms in total. The Kier molecular flexibility index (Phi) is 10.8. The van der Waals surface area contributed by atoms with E-state index in [2.05, 4.69) is 45.2 Å². The van der Waals surface area contributed by atoms with Crippen molar-refractivity contribution in [3.8, 4) is 5.75 Å². The molecule has 0 amide bonds. The molecule has 0 unspecified atom stereocenters. The predicted octanol–water partition coefficient (Wildman–Crippen LogP) is 8.68. The van der Waals surface area contributed by atoms with Crippen molar-refractivity contribution in [1.29, 1.82) is 0 Å². The van der Waals surface area contributed by atoms with Crippen molar-refractivity contribution in [3.05, 3.63) is 155 Å². The fourth-order valence-electron chi connectivity index (χ4n) is 5.14. The average Bonchev–Trinajstić information content (AvgIpc) is 3.36. The minimum Gasteiger partial charge on any atom is -0.487 e. The van der Waals surface area contributed by atoms with Gasteiger partial charge in [-0.25, -0.2) is 9.79 Å². The zero-order valence-corrected chi connectivity index (χ0v) is 31.9. The summed E-state index contributed by atoms with van der Waals surface area (Å²) in [5.41, 5.74) is 3.64. The maximum absolute atomic E-state index is 14.2. The molecule has 0 fully saturated rings. The van der Waals surface area contributed by atoms with Gasteiger partial charge in [0.25, 0.3) is 5.56 Å². The van der Waals surface area contributed by atoms with Gasteiger partial charge in [0, 0.05) is 10.6 Å². The number of carbonyl (C=O) groups excluding carboxylic acids is 1.